The summed E-state index contributed by atoms with van der Waals surface area (Å²) in [4.78, 5) is 19.2. The molecule has 1 aliphatic heterocycles. The number of thiazole rings is 1. The highest BCUT2D eigenvalue weighted by molar-refractivity contribution is 7.09. The average Bonchev–Trinajstić information content (AvgIpc) is 3.16. The van der Waals surface area contributed by atoms with Crippen molar-refractivity contribution in [1.82, 2.24) is 9.88 Å². The molecule has 1 aliphatic rings. The number of furan rings is 1. The second kappa shape index (κ2) is 6.84. The first kappa shape index (κ1) is 16.2. The lowest BCUT2D eigenvalue weighted by molar-refractivity contribution is 0.0513. The minimum absolute atomic E-state index is 0.00692. The summed E-state index contributed by atoms with van der Waals surface area (Å²) >= 11 is 1.46. The first-order valence-electron chi connectivity index (χ1n) is 7.89. The van der Waals surface area contributed by atoms with Crippen molar-refractivity contribution in [1.29, 1.82) is 0 Å². The van der Waals surface area contributed by atoms with E-state index in [1.165, 1.54) is 11.3 Å². The zero-order valence-electron chi connectivity index (χ0n) is 13.7. The van der Waals surface area contributed by atoms with Crippen molar-refractivity contribution in [3.63, 3.8) is 0 Å². The molecule has 6 heteroatoms. The summed E-state index contributed by atoms with van der Waals surface area (Å²) in [6.45, 7) is 5.33. The van der Waals surface area contributed by atoms with Gasteiger partial charge in [0.1, 0.15) is 22.2 Å². The number of nitrogens with zero attached hydrogens (tertiary/aromatic N) is 2. The van der Waals surface area contributed by atoms with Gasteiger partial charge in [-0.25, -0.2) is 4.98 Å². The van der Waals surface area contributed by atoms with Crippen LogP contribution in [0.2, 0.25) is 0 Å². The van der Waals surface area contributed by atoms with Gasteiger partial charge in [-0.15, -0.1) is 11.3 Å². The van der Waals surface area contributed by atoms with Crippen LogP contribution in [0.25, 0.3) is 0 Å². The molecule has 2 atom stereocenters. The Kier molecular flexibility index (Phi) is 4.82. The highest BCUT2D eigenvalue weighted by atomic mass is 32.1. The van der Waals surface area contributed by atoms with Crippen molar-refractivity contribution < 1.29 is 13.9 Å². The fourth-order valence-electron chi connectivity index (χ4n) is 3.03. The molecule has 0 N–H and O–H groups in total. The largest absolute Gasteiger partial charge is 0.464 e. The second-order valence-corrected chi connectivity index (χ2v) is 7.09. The summed E-state index contributed by atoms with van der Waals surface area (Å²) < 4.78 is 10.9. The van der Waals surface area contributed by atoms with Crippen LogP contribution in [0, 0.1) is 12.8 Å². The summed E-state index contributed by atoms with van der Waals surface area (Å²) in [5.74, 6) is 2.31. The predicted molar refractivity (Wildman–Crippen MR) is 88.4 cm³/mol. The number of hydrogen-bond acceptors (Lipinski definition) is 5. The van der Waals surface area contributed by atoms with Gasteiger partial charge in [0.25, 0.3) is 5.91 Å². The van der Waals surface area contributed by atoms with Gasteiger partial charge < -0.3 is 14.1 Å². The highest BCUT2D eigenvalue weighted by Gasteiger charge is 2.34. The number of hydrogen-bond donors (Lipinski definition) is 0. The maximum atomic E-state index is 12.9. The van der Waals surface area contributed by atoms with Crippen LogP contribution in [0.4, 0.5) is 0 Å². The van der Waals surface area contributed by atoms with Gasteiger partial charge in [-0.1, -0.05) is 6.92 Å². The number of likely N-dealkylation sites (tertiary alicyclic amines) is 1. The molecule has 124 valence electrons. The first-order chi connectivity index (χ1) is 11.1. The molecule has 0 bridgehead atoms. The molecule has 0 aliphatic carbocycles. The predicted octanol–water partition coefficient (Wildman–Crippen LogP) is 3.80. The van der Waals surface area contributed by atoms with E-state index in [4.69, 9.17) is 9.15 Å². The Bertz CT molecular complexity index is 679. The number of methoxy groups -OCH3 is 1. The summed E-state index contributed by atoms with van der Waals surface area (Å²) in [5.41, 5.74) is 0.505. The highest BCUT2D eigenvalue weighted by Crippen LogP contribution is 2.35. The van der Waals surface area contributed by atoms with Crippen molar-refractivity contribution in [2.45, 2.75) is 39.3 Å². The topological polar surface area (TPSA) is 55.6 Å². The SMILES string of the molecule is COCc1nc(C(=O)N2CC[C@@H](C)C[C@H]2c2ccc(C)o2)cs1. The van der Waals surface area contributed by atoms with E-state index in [-0.39, 0.29) is 11.9 Å². The van der Waals surface area contributed by atoms with Gasteiger partial charge in [-0.2, -0.15) is 0 Å². The van der Waals surface area contributed by atoms with Crippen molar-refractivity contribution in [3.05, 3.63) is 39.7 Å². The fraction of sp³-hybridized carbons (Fsp3) is 0.529. The molecule has 3 heterocycles. The smallest absolute Gasteiger partial charge is 0.273 e. The van der Waals surface area contributed by atoms with Crippen LogP contribution in [0.15, 0.2) is 21.9 Å². The Hall–Kier alpha value is -1.66. The lowest BCUT2D eigenvalue weighted by Gasteiger charge is -2.37. The Labute approximate surface area is 140 Å². The average molecular weight is 334 g/mol. The Morgan fingerprint density at radius 3 is 3.04 bits per heavy atom. The van der Waals surface area contributed by atoms with E-state index in [1.807, 2.05) is 29.3 Å². The lowest BCUT2D eigenvalue weighted by Crippen LogP contribution is -2.40. The lowest BCUT2D eigenvalue weighted by atomic mass is 9.91. The van der Waals surface area contributed by atoms with Crippen molar-refractivity contribution in [2.24, 2.45) is 5.92 Å². The maximum Gasteiger partial charge on any atom is 0.273 e. The Balaban J connectivity index is 1.83. The molecule has 2 aromatic rings. The Morgan fingerprint density at radius 2 is 2.35 bits per heavy atom. The molecule has 0 saturated carbocycles. The number of rotatable bonds is 4. The van der Waals surface area contributed by atoms with Crippen molar-refractivity contribution in [3.8, 4) is 0 Å². The van der Waals surface area contributed by atoms with Crippen LogP contribution in [-0.4, -0.2) is 29.4 Å². The van der Waals surface area contributed by atoms with Crippen LogP contribution < -0.4 is 0 Å². The summed E-state index contributed by atoms with van der Waals surface area (Å²) in [7, 11) is 1.63. The third-order valence-corrected chi connectivity index (χ3v) is 5.08. The van der Waals surface area contributed by atoms with E-state index in [9.17, 15) is 4.79 Å². The molecule has 0 radical (unpaired) electrons. The summed E-state index contributed by atoms with van der Waals surface area (Å²) in [6, 6.07) is 3.93. The number of ether oxygens (including phenoxy) is 1. The van der Waals surface area contributed by atoms with Crippen molar-refractivity contribution >= 4 is 17.2 Å². The van der Waals surface area contributed by atoms with E-state index in [0.717, 1.165) is 35.9 Å². The molecule has 3 rings (SSSR count). The minimum Gasteiger partial charge on any atom is -0.464 e. The number of carbonyl (C=O) groups is 1. The third kappa shape index (κ3) is 3.48. The normalized spacial score (nSPS) is 21.6. The van der Waals surface area contributed by atoms with Crippen LogP contribution in [-0.2, 0) is 11.3 Å². The summed E-state index contributed by atoms with van der Waals surface area (Å²) in [6.07, 6.45) is 1.94. The van der Waals surface area contributed by atoms with Gasteiger partial charge in [-0.05, 0) is 37.8 Å². The molecule has 0 unspecified atom stereocenters. The molecule has 1 fully saturated rings. The second-order valence-electron chi connectivity index (χ2n) is 6.15. The quantitative estimate of drug-likeness (QED) is 0.853. The van der Waals surface area contributed by atoms with Crippen molar-refractivity contribution in [2.75, 3.05) is 13.7 Å². The minimum atomic E-state index is -0.0189. The number of aryl methyl sites for hydroxylation is 1. The van der Waals surface area contributed by atoms with Gasteiger partial charge in [0.15, 0.2) is 0 Å². The van der Waals surface area contributed by atoms with Gasteiger partial charge in [0.2, 0.25) is 0 Å². The van der Waals surface area contributed by atoms with E-state index in [0.29, 0.717) is 18.2 Å². The zero-order chi connectivity index (χ0) is 16.4. The maximum absolute atomic E-state index is 12.9. The van der Waals surface area contributed by atoms with Gasteiger partial charge in [0.05, 0.1) is 12.6 Å². The third-order valence-electron chi connectivity index (χ3n) is 4.25. The fourth-order valence-corrected chi connectivity index (χ4v) is 3.77. The summed E-state index contributed by atoms with van der Waals surface area (Å²) in [5, 5.41) is 2.64. The molecule has 1 amide bonds. The van der Waals surface area contributed by atoms with E-state index >= 15 is 0 Å². The van der Waals surface area contributed by atoms with Gasteiger partial charge in [0, 0.05) is 19.0 Å². The van der Waals surface area contributed by atoms with Gasteiger partial charge >= 0.3 is 0 Å². The number of aromatic nitrogens is 1. The molecule has 1 saturated heterocycles. The van der Waals surface area contributed by atoms with Crippen LogP contribution in [0.1, 0.15) is 52.8 Å². The zero-order valence-corrected chi connectivity index (χ0v) is 14.6. The van der Waals surface area contributed by atoms with Crippen LogP contribution in [0.3, 0.4) is 0 Å². The van der Waals surface area contributed by atoms with E-state index in [2.05, 4.69) is 11.9 Å². The van der Waals surface area contributed by atoms with Crippen LogP contribution in [0.5, 0.6) is 0 Å². The number of amides is 1. The molecular weight excluding hydrogens is 312 g/mol. The first-order valence-corrected chi connectivity index (χ1v) is 8.77. The molecule has 2 aromatic heterocycles. The van der Waals surface area contributed by atoms with Gasteiger partial charge in [-0.3, -0.25) is 4.79 Å². The standard InChI is InChI=1S/C17H22N2O3S/c1-11-6-7-19(14(8-11)15-5-4-12(2)22-15)17(20)13-10-23-16(18-13)9-21-3/h4-5,10-11,14H,6-9H2,1-3H3/t11-,14+/m1/s1. The molecule has 23 heavy (non-hydrogen) atoms. The number of piperidine rings is 1. The Morgan fingerprint density at radius 1 is 1.52 bits per heavy atom. The molecule has 0 aromatic carbocycles. The molecule has 0 spiro atoms. The van der Waals surface area contributed by atoms with Crippen LogP contribution >= 0.6 is 11.3 Å². The van der Waals surface area contributed by atoms with E-state index < -0.39 is 0 Å². The monoisotopic (exact) mass is 334 g/mol. The van der Waals surface area contributed by atoms with E-state index in [1.54, 1.807) is 7.11 Å². The number of carbonyl (C=O) groups excluding carboxylic acids is 1. The molecule has 5 nitrogen and oxygen atoms in total. The molecular formula is C17H22N2O3S.